The molecule has 2 bridgehead atoms. The molecule has 3 rings (SSSR count). The van der Waals surface area contributed by atoms with Crippen molar-refractivity contribution in [2.24, 2.45) is 17.1 Å². The van der Waals surface area contributed by atoms with Gasteiger partial charge in [0.1, 0.15) is 0 Å². The molecule has 4 heteroatoms. The standard InChI is InChI=1S/C7H11NO2.ClH/c8-5-1-4-2-7(5,3-4)6(9)10;/h4-5H,1-3,8H2,(H,9,10);1H. The molecule has 0 saturated heterocycles. The van der Waals surface area contributed by atoms with E-state index in [0.717, 1.165) is 19.3 Å². The average molecular weight is 178 g/mol. The summed E-state index contributed by atoms with van der Waals surface area (Å²) in [4.78, 5) is 10.7. The van der Waals surface area contributed by atoms with Crippen molar-refractivity contribution in [3.63, 3.8) is 0 Å². The summed E-state index contributed by atoms with van der Waals surface area (Å²) in [6, 6.07) is -0.0741. The van der Waals surface area contributed by atoms with E-state index in [9.17, 15) is 4.79 Å². The van der Waals surface area contributed by atoms with Crippen LogP contribution in [0.3, 0.4) is 0 Å². The van der Waals surface area contributed by atoms with Crippen LogP contribution in [0.4, 0.5) is 0 Å². The number of nitrogens with two attached hydrogens (primary N) is 1. The van der Waals surface area contributed by atoms with Crippen LogP contribution in [-0.2, 0) is 4.79 Å². The molecule has 0 heterocycles. The number of carboxylic acid groups (broad SMARTS) is 1. The Morgan fingerprint density at radius 2 is 2.09 bits per heavy atom. The van der Waals surface area contributed by atoms with E-state index < -0.39 is 11.4 Å². The molecule has 1 atom stereocenters. The summed E-state index contributed by atoms with van der Waals surface area (Å²) in [5.41, 5.74) is 5.17. The highest BCUT2D eigenvalue weighted by Gasteiger charge is 2.60. The number of carbonyl (C=O) groups is 1. The highest BCUT2D eigenvalue weighted by molar-refractivity contribution is 5.85. The number of hydrogen-bond donors (Lipinski definition) is 2. The fourth-order valence-corrected chi connectivity index (χ4v) is 2.36. The normalized spacial score (nSPS) is 45.9. The van der Waals surface area contributed by atoms with Crippen molar-refractivity contribution in [2.45, 2.75) is 25.3 Å². The number of hydrogen-bond acceptors (Lipinski definition) is 2. The molecule has 3 N–H and O–H groups in total. The van der Waals surface area contributed by atoms with Gasteiger partial charge in [-0.1, -0.05) is 0 Å². The molecule has 0 spiro atoms. The van der Waals surface area contributed by atoms with Gasteiger partial charge in [0, 0.05) is 6.04 Å². The van der Waals surface area contributed by atoms with E-state index in [1.165, 1.54) is 0 Å². The van der Waals surface area contributed by atoms with Crippen LogP contribution in [0.25, 0.3) is 0 Å². The molecule has 1 unspecified atom stereocenters. The predicted octanol–water partition coefficient (Wildman–Crippen LogP) is 0.620. The Kier molecular flexibility index (Phi) is 1.89. The topological polar surface area (TPSA) is 63.3 Å². The predicted molar refractivity (Wildman–Crippen MR) is 42.6 cm³/mol. The third-order valence-corrected chi connectivity index (χ3v) is 3.03. The minimum absolute atomic E-state index is 0. The first-order chi connectivity index (χ1) is 4.65. The molecule has 64 valence electrons. The van der Waals surface area contributed by atoms with E-state index in [4.69, 9.17) is 10.8 Å². The number of carboxylic acids is 1. The highest BCUT2D eigenvalue weighted by atomic mass is 35.5. The summed E-state index contributed by atoms with van der Waals surface area (Å²) in [5.74, 6) is -0.0696. The minimum Gasteiger partial charge on any atom is -0.481 e. The van der Waals surface area contributed by atoms with Gasteiger partial charge in [0.2, 0.25) is 0 Å². The molecule has 3 saturated carbocycles. The molecule has 3 fully saturated rings. The molecule has 0 amide bonds. The molecule has 3 aliphatic rings. The second-order valence-corrected chi connectivity index (χ2v) is 3.58. The largest absolute Gasteiger partial charge is 0.481 e. The summed E-state index contributed by atoms with van der Waals surface area (Å²) in [7, 11) is 0. The van der Waals surface area contributed by atoms with Crippen LogP contribution in [0, 0.1) is 11.3 Å². The van der Waals surface area contributed by atoms with Crippen molar-refractivity contribution < 1.29 is 9.90 Å². The molecule has 0 radical (unpaired) electrons. The van der Waals surface area contributed by atoms with Crippen molar-refractivity contribution in [3.05, 3.63) is 0 Å². The van der Waals surface area contributed by atoms with Crippen molar-refractivity contribution in [1.82, 2.24) is 0 Å². The molecule has 0 aromatic rings. The summed E-state index contributed by atoms with van der Waals surface area (Å²) in [6.45, 7) is 0. The van der Waals surface area contributed by atoms with Crippen LogP contribution < -0.4 is 5.73 Å². The fraction of sp³-hybridized carbons (Fsp3) is 0.857. The highest BCUT2D eigenvalue weighted by Crippen LogP contribution is 2.57. The Hall–Kier alpha value is -0.280. The molecular weight excluding hydrogens is 166 g/mol. The van der Waals surface area contributed by atoms with Crippen LogP contribution in [0.2, 0.25) is 0 Å². The summed E-state index contributed by atoms with van der Waals surface area (Å²) in [5, 5.41) is 8.80. The van der Waals surface area contributed by atoms with E-state index in [0.29, 0.717) is 5.92 Å². The van der Waals surface area contributed by atoms with E-state index in [-0.39, 0.29) is 18.4 Å². The maximum atomic E-state index is 10.7. The lowest BCUT2D eigenvalue weighted by Gasteiger charge is -2.35. The van der Waals surface area contributed by atoms with Gasteiger partial charge in [-0.3, -0.25) is 4.79 Å². The molecule has 0 aromatic heterocycles. The quantitative estimate of drug-likeness (QED) is 0.617. The lowest BCUT2D eigenvalue weighted by atomic mass is 9.68. The third kappa shape index (κ3) is 0.876. The first kappa shape index (κ1) is 8.81. The van der Waals surface area contributed by atoms with Crippen molar-refractivity contribution in [1.29, 1.82) is 0 Å². The molecular formula is C7H12ClNO2. The van der Waals surface area contributed by atoms with Crippen LogP contribution >= 0.6 is 12.4 Å². The minimum atomic E-state index is -0.686. The van der Waals surface area contributed by atoms with E-state index in [1.807, 2.05) is 0 Å². The summed E-state index contributed by atoms with van der Waals surface area (Å²) >= 11 is 0. The maximum Gasteiger partial charge on any atom is 0.311 e. The zero-order valence-corrected chi connectivity index (χ0v) is 6.93. The Bertz CT molecular complexity index is 189. The van der Waals surface area contributed by atoms with Crippen molar-refractivity contribution in [3.8, 4) is 0 Å². The van der Waals surface area contributed by atoms with E-state index in [2.05, 4.69) is 0 Å². The second-order valence-electron chi connectivity index (χ2n) is 3.58. The van der Waals surface area contributed by atoms with Gasteiger partial charge in [-0.15, -0.1) is 12.4 Å². The third-order valence-electron chi connectivity index (χ3n) is 3.03. The number of rotatable bonds is 1. The van der Waals surface area contributed by atoms with Crippen LogP contribution in [-0.4, -0.2) is 17.1 Å². The van der Waals surface area contributed by atoms with Gasteiger partial charge in [-0.25, -0.2) is 0 Å². The Morgan fingerprint density at radius 3 is 2.27 bits per heavy atom. The zero-order chi connectivity index (χ0) is 7.35. The van der Waals surface area contributed by atoms with Crippen molar-refractivity contribution in [2.75, 3.05) is 0 Å². The smallest absolute Gasteiger partial charge is 0.311 e. The first-order valence-corrected chi connectivity index (χ1v) is 3.64. The molecule has 0 aromatic carbocycles. The van der Waals surface area contributed by atoms with Gasteiger partial charge in [0.25, 0.3) is 0 Å². The zero-order valence-electron chi connectivity index (χ0n) is 6.12. The number of fused-ring (bicyclic) bond motifs is 1. The van der Waals surface area contributed by atoms with Crippen LogP contribution in [0.15, 0.2) is 0 Å². The summed E-state index contributed by atoms with van der Waals surface area (Å²) < 4.78 is 0. The van der Waals surface area contributed by atoms with E-state index in [1.54, 1.807) is 0 Å². The Labute approximate surface area is 71.4 Å². The van der Waals surface area contributed by atoms with Crippen LogP contribution in [0.1, 0.15) is 19.3 Å². The lowest BCUT2D eigenvalue weighted by Crippen LogP contribution is -2.45. The Balaban J connectivity index is 0.000000605. The number of halogens is 1. The van der Waals surface area contributed by atoms with Gasteiger partial charge in [-0.05, 0) is 25.2 Å². The maximum absolute atomic E-state index is 10.7. The Morgan fingerprint density at radius 1 is 1.55 bits per heavy atom. The monoisotopic (exact) mass is 177 g/mol. The molecule has 3 aliphatic carbocycles. The van der Waals surface area contributed by atoms with Gasteiger partial charge >= 0.3 is 5.97 Å². The van der Waals surface area contributed by atoms with E-state index >= 15 is 0 Å². The number of aliphatic carboxylic acids is 1. The van der Waals surface area contributed by atoms with Crippen LogP contribution in [0.5, 0.6) is 0 Å². The molecule has 0 aliphatic heterocycles. The first-order valence-electron chi connectivity index (χ1n) is 3.64. The lowest BCUT2D eigenvalue weighted by molar-refractivity contribution is -0.153. The van der Waals surface area contributed by atoms with Gasteiger partial charge in [0.15, 0.2) is 0 Å². The second kappa shape index (κ2) is 2.35. The average Bonchev–Trinajstić information content (AvgIpc) is 2.15. The van der Waals surface area contributed by atoms with Gasteiger partial charge in [0.05, 0.1) is 5.41 Å². The van der Waals surface area contributed by atoms with Crippen molar-refractivity contribution >= 4 is 18.4 Å². The SMILES string of the molecule is Cl.NC1CC2CC1(C(=O)O)C2. The van der Waals surface area contributed by atoms with Gasteiger partial charge < -0.3 is 10.8 Å². The fourth-order valence-electron chi connectivity index (χ4n) is 2.36. The van der Waals surface area contributed by atoms with Gasteiger partial charge in [-0.2, -0.15) is 0 Å². The molecule has 11 heavy (non-hydrogen) atoms. The summed E-state index contributed by atoms with van der Waals surface area (Å²) in [6.07, 6.45) is 2.57. The molecule has 3 nitrogen and oxygen atoms in total.